The molecule has 1 aliphatic heterocycles. The van der Waals surface area contributed by atoms with E-state index in [4.69, 9.17) is 28.4 Å². The SMILES string of the molecule is CC(=O)OC[C@@]12[C@@H](OC(=O)c3cccnc3)C[C@@H]3[C@@H](OC(C)=O)[C@]1(OC3(C)C)[C@@](C)(O)[C@H](O)[C@H](OC(C)=O)[C@@H]2OC(C)=O. The highest BCUT2D eigenvalue weighted by molar-refractivity contribution is 5.89. The number of nitrogens with zero attached hydrogens (tertiary/aromatic N) is 1. The second kappa shape index (κ2) is 11.1. The third-order valence-electron chi connectivity index (χ3n) is 8.81. The van der Waals surface area contributed by atoms with Crippen LogP contribution in [-0.2, 0) is 47.6 Å². The summed E-state index contributed by atoms with van der Waals surface area (Å²) in [5, 5.41) is 24.1. The first kappa shape index (κ1) is 32.3. The van der Waals surface area contributed by atoms with Gasteiger partial charge in [-0.2, -0.15) is 0 Å². The van der Waals surface area contributed by atoms with Crippen molar-refractivity contribution in [1.29, 1.82) is 0 Å². The molecule has 9 atom stereocenters. The Morgan fingerprint density at radius 2 is 1.53 bits per heavy atom. The van der Waals surface area contributed by atoms with Gasteiger partial charge in [-0.3, -0.25) is 24.2 Å². The van der Waals surface area contributed by atoms with Crippen LogP contribution in [0.2, 0.25) is 0 Å². The lowest BCUT2D eigenvalue weighted by atomic mass is 9.45. The molecular formula is C29H37NO13. The van der Waals surface area contributed by atoms with Crippen LogP contribution in [0.15, 0.2) is 24.5 Å². The van der Waals surface area contributed by atoms with Crippen molar-refractivity contribution in [3.8, 4) is 0 Å². The monoisotopic (exact) mass is 607 g/mol. The number of aromatic nitrogens is 1. The smallest absolute Gasteiger partial charge is 0.340 e. The van der Waals surface area contributed by atoms with Crippen LogP contribution in [0.5, 0.6) is 0 Å². The minimum atomic E-state index is -2.48. The van der Waals surface area contributed by atoms with Crippen LogP contribution in [-0.4, -0.2) is 99.0 Å². The molecule has 1 saturated heterocycles. The van der Waals surface area contributed by atoms with Gasteiger partial charge < -0.3 is 38.6 Å². The topological polar surface area (TPSA) is 194 Å². The number of aliphatic hydroxyl groups is 2. The van der Waals surface area contributed by atoms with E-state index in [1.165, 1.54) is 31.5 Å². The molecule has 43 heavy (non-hydrogen) atoms. The molecular weight excluding hydrogens is 570 g/mol. The molecule has 14 nitrogen and oxygen atoms in total. The standard InChI is InChI=1S/C29H37NO13/c1-14(31)38-13-28-20(42-25(36)18-9-8-10-30-12-18)11-19-23(40-16(3)33)29(28,43-26(19,5)6)27(7,37)22(35)21(39-15(2)32)24(28)41-17(4)34/h8-10,12,19-24,35,37H,11,13H2,1-7H3/t19-,20+,21+,22-,23-,24+,27+,28+,29+/m1/s1. The van der Waals surface area contributed by atoms with E-state index in [1.807, 2.05) is 0 Å². The molecule has 2 heterocycles. The average molecular weight is 608 g/mol. The van der Waals surface area contributed by atoms with Crippen molar-refractivity contribution in [2.45, 2.75) is 102 Å². The van der Waals surface area contributed by atoms with Gasteiger partial charge in [0, 0.05) is 46.0 Å². The Labute approximate surface area is 247 Å². The zero-order valence-electron chi connectivity index (χ0n) is 25.0. The highest BCUT2D eigenvalue weighted by Gasteiger charge is 2.88. The first-order chi connectivity index (χ1) is 19.9. The van der Waals surface area contributed by atoms with Crippen LogP contribution in [0.4, 0.5) is 0 Å². The summed E-state index contributed by atoms with van der Waals surface area (Å²) in [6.45, 7) is 8.11. The maximum Gasteiger partial charge on any atom is 0.340 e. The summed E-state index contributed by atoms with van der Waals surface area (Å²) < 4.78 is 35.3. The highest BCUT2D eigenvalue weighted by atomic mass is 16.6. The maximum atomic E-state index is 13.5. The summed E-state index contributed by atoms with van der Waals surface area (Å²) in [7, 11) is 0. The molecule has 1 aromatic rings. The number of esters is 5. The molecule has 0 radical (unpaired) electrons. The Balaban J connectivity index is 2.10. The molecule has 0 aromatic carbocycles. The third kappa shape index (κ3) is 5.04. The molecule has 2 aliphatic carbocycles. The zero-order chi connectivity index (χ0) is 32.1. The first-order valence-electron chi connectivity index (χ1n) is 13.8. The minimum absolute atomic E-state index is 0.0528. The Hall–Kier alpha value is -3.62. The van der Waals surface area contributed by atoms with E-state index in [9.17, 15) is 34.2 Å². The van der Waals surface area contributed by atoms with Gasteiger partial charge in [-0.25, -0.2) is 4.79 Å². The number of rotatable bonds is 7. The largest absolute Gasteiger partial charge is 0.465 e. The highest BCUT2D eigenvalue weighted by Crippen LogP contribution is 2.69. The molecule has 3 aliphatic rings. The lowest BCUT2D eigenvalue weighted by molar-refractivity contribution is -0.378. The lowest BCUT2D eigenvalue weighted by Gasteiger charge is -2.66. The Morgan fingerprint density at radius 1 is 0.930 bits per heavy atom. The van der Waals surface area contributed by atoms with Crippen molar-refractivity contribution < 1.29 is 62.6 Å². The van der Waals surface area contributed by atoms with E-state index in [0.717, 1.165) is 27.7 Å². The summed E-state index contributed by atoms with van der Waals surface area (Å²) in [5.74, 6) is -5.02. The van der Waals surface area contributed by atoms with Gasteiger partial charge in [0.1, 0.15) is 35.9 Å². The van der Waals surface area contributed by atoms with Gasteiger partial charge in [0.2, 0.25) is 0 Å². The second-order valence-corrected chi connectivity index (χ2v) is 12.0. The van der Waals surface area contributed by atoms with Gasteiger partial charge in [0.25, 0.3) is 0 Å². The summed E-state index contributed by atoms with van der Waals surface area (Å²) in [5.41, 5.74) is -8.05. The quantitative estimate of drug-likeness (QED) is 0.324. The van der Waals surface area contributed by atoms with Crippen molar-refractivity contribution in [3.63, 3.8) is 0 Å². The van der Waals surface area contributed by atoms with E-state index < -0.39 is 95.1 Å². The van der Waals surface area contributed by atoms with Crippen LogP contribution >= 0.6 is 0 Å². The molecule has 0 amide bonds. The van der Waals surface area contributed by atoms with Crippen molar-refractivity contribution in [2.75, 3.05) is 6.61 Å². The van der Waals surface area contributed by atoms with Gasteiger partial charge in [-0.05, 0) is 39.3 Å². The van der Waals surface area contributed by atoms with Gasteiger partial charge in [-0.1, -0.05) is 0 Å². The van der Waals surface area contributed by atoms with Crippen LogP contribution in [0.1, 0.15) is 65.2 Å². The van der Waals surface area contributed by atoms with Crippen LogP contribution in [0, 0.1) is 11.3 Å². The summed E-state index contributed by atoms with van der Waals surface area (Å²) >= 11 is 0. The van der Waals surface area contributed by atoms with E-state index in [-0.39, 0.29) is 12.0 Å². The molecule has 236 valence electrons. The molecule has 1 spiro atoms. The Kier molecular flexibility index (Phi) is 8.37. The lowest BCUT2D eigenvalue weighted by Crippen LogP contribution is -2.87. The van der Waals surface area contributed by atoms with Crippen LogP contribution < -0.4 is 0 Å². The number of hydrogen-bond acceptors (Lipinski definition) is 14. The molecule has 0 unspecified atom stereocenters. The maximum absolute atomic E-state index is 13.5. The van der Waals surface area contributed by atoms with Crippen molar-refractivity contribution >= 4 is 29.8 Å². The average Bonchev–Trinajstić information content (AvgIpc) is 3.06. The number of fused-ring (bicyclic) bond motifs is 1. The van der Waals surface area contributed by atoms with Gasteiger partial charge in [0.05, 0.1) is 11.2 Å². The Morgan fingerprint density at radius 3 is 2.07 bits per heavy atom. The van der Waals surface area contributed by atoms with Crippen molar-refractivity contribution in [1.82, 2.24) is 4.98 Å². The molecule has 2 saturated carbocycles. The van der Waals surface area contributed by atoms with Crippen molar-refractivity contribution in [2.24, 2.45) is 11.3 Å². The molecule has 14 heteroatoms. The Bertz CT molecular complexity index is 1300. The number of carbonyl (C=O) groups is 5. The molecule has 2 N–H and O–H groups in total. The van der Waals surface area contributed by atoms with E-state index in [2.05, 4.69) is 4.98 Å². The van der Waals surface area contributed by atoms with Gasteiger partial charge >= 0.3 is 29.8 Å². The molecule has 1 aromatic heterocycles. The summed E-state index contributed by atoms with van der Waals surface area (Å²) in [4.78, 5) is 67.3. The first-order valence-corrected chi connectivity index (χ1v) is 13.8. The zero-order valence-corrected chi connectivity index (χ0v) is 25.0. The number of hydrogen-bond donors (Lipinski definition) is 2. The van der Waals surface area contributed by atoms with Gasteiger partial charge in [0.15, 0.2) is 17.8 Å². The van der Waals surface area contributed by atoms with Crippen molar-refractivity contribution in [3.05, 3.63) is 30.1 Å². The number of pyridine rings is 1. The molecule has 4 rings (SSSR count). The molecule has 2 bridgehead atoms. The van der Waals surface area contributed by atoms with Gasteiger partial charge in [-0.15, -0.1) is 0 Å². The molecule has 3 fully saturated rings. The van der Waals surface area contributed by atoms with E-state index in [1.54, 1.807) is 13.8 Å². The predicted molar refractivity (Wildman–Crippen MR) is 142 cm³/mol. The van der Waals surface area contributed by atoms with Crippen LogP contribution in [0.3, 0.4) is 0 Å². The number of carbonyl (C=O) groups excluding carboxylic acids is 5. The minimum Gasteiger partial charge on any atom is -0.465 e. The fraction of sp³-hybridized carbons (Fsp3) is 0.655. The fourth-order valence-corrected chi connectivity index (χ4v) is 7.25. The number of aliphatic hydroxyl groups excluding tert-OH is 1. The number of ether oxygens (including phenoxy) is 6. The summed E-state index contributed by atoms with van der Waals surface area (Å²) in [6.07, 6.45) is -5.70. The van der Waals surface area contributed by atoms with Crippen LogP contribution in [0.25, 0.3) is 0 Å². The predicted octanol–water partition coefficient (Wildman–Crippen LogP) is 0.645. The second-order valence-electron chi connectivity index (χ2n) is 12.0. The fourth-order valence-electron chi connectivity index (χ4n) is 7.25. The van der Waals surface area contributed by atoms with E-state index in [0.29, 0.717) is 0 Å². The normalized spacial score (nSPS) is 37.3. The third-order valence-corrected chi connectivity index (χ3v) is 8.81. The van der Waals surface area contributed by atoms with E-state index >= 15 is 0 Å². The summed E-state index contributed by atoms with van der Waals surface area (Å²) in [6, 6.07) is 2.97.